The number of thioether (sulfide) groups is 1. The summed E-state index contributed by atoms with van der Waals surface area (Å²) in [6.07, 6.45) is 5.04. The summed E-state index contributed by atoms with van der Waals surface area (Å²) in [4.78, 5) is 54.2. The van der Waals surface area contributed by atoms with Crippen molar-refractivity contribution in [1.29, 1.82) is 10.8 Å². The monoisotopic (exact) mass is 572 g/mol. The van der Waals surface area contributed by atoms with Gasteiger partial charge in [-0.15, -0.1) is 0 Å². The Morgan fingerprint density at radius 1 is 1.15 bits per heavy atom. The molecular formula is C28H32F2N5O4S+. The molecule has 1 aromatic carbocycles. The van der Waals surface area contributed by atoms with Crippen LogP contribution in [0.5, 0.6) is 0 Å². The molecule has 4 aliphatic rings. The van der Waals surface area contributed by atoms with Crippen molar-refractivity contribution in [1.82, 2.24) is 10.2 Å². The van der Waals surface area contributed by atoms with E-state index in [4.69, 9.17) is 10.8 Å². The number of carbonyl (C=O) groups excluding carboxylic acids is 4. The van der Waals surface area contributed by atoms with Crippen LogP contribution in [0.3, 0.4) is 0 Å². The number of halogens is 2. The fraction of sp³-hybridized carbons (Fsp3) is 0.500. The van der Waals surface area contributed by atoms with Crippen molar-refractivity contribution in [3.05, 3.63) is 47.2 Å². The van der Waals surface area contributed by atoms with E-state index in [1.807, 2.05) is 6.92 Å². The molecule has 2 amide bonds. The average molecular weight is 573 g/mol. The molecule has 0 bridgehead atoms. The molecule has 2 atom stereocenters. The predicted octanol–water partition coefficient (Wildman–Crippen LogP) is 3.07. The van der Waals surface area contributed by atoms with Crippen LogP contribution in [-0.4, -0.2) is 74.2 Å². The molecule has 40 heavy (non-hydrogen) atoms. The lowest BCUT2D eigenvalue weighted by molar-refractivity contribution is -0.921. The lowest BCUT2D eigenvalue weighted by Gasteiger charge is -2.50. The van der Waals surface area contributed by atoms with Crippen LogP contribution in [0.2, 0.25) is 0 Å². The largest absolute Gasteiger partial charge is 0.351 e. The van der Waals surface area contributed by atoms with E-state index < -0.39 is 40.8 Å². The van der Waals surface area contributed by atoms with Gasteiger partial charge in [-0.05, 0) is 44.2 Å². The standard InChI is InChI=1S/C28H31F2N5O4S/c1-27(10-11-27)33-25(38)15-6-8-28(9-7-15)34(2)26(39)21-23(37)22(36)18(14-35(21,28)3)24(32)40-20(31)12-16-4-5-17(29)13-19(16)30/h4-5,13-15,21,31-32H,6-12H2,1-3H3/p+1. The summed E-state index contributed by atoms with van der Waals surface area (Å²) in [6, 6.07) is 1.72. The van der Waals surface area contributed by atoms with Crippen LogP contribution in [0, 0.1) is 28.4 Å². The lowest BCUT2D eigenvalue weighted by Crippen LogP contribution is -2.67. The van der Waals surface area contributed by atoms with Gasteiger partial charge in [0, 0.05) is 43.8 Å². The Kier molecular flexibility index (Phi) is 6.85. The maximum absolute atomic E-state index is 14.1. The summed E-state index contributed by atoms with van der Waals surface area (Å²) in [7, 11) is 3.33. The van der Waals surface area contributed by atoms with Crippen molar-refractivity contribution in [3.63, 3.8) is 0 Å². The topological polar surface area (TPSA) is 131 Å². The molecule has 2 heterocycles. The molecule has 3 N–H and O–H groups in total. The summed E-state index contributed by atoms with van der Waals surface area (Å²) in [5, 5.41) is 19.4. The van der Waals surface area contributed by atoms with Gasteiger partial charge in [0.15, 0.2) is 5.66 Å². The van der Waals surface area contributed by atoms with Crippen molar-refractivity contribution >= 4 is 45.2 Å². The highest BCUT2D eigenvalue weighted by Crippen LogP contribution is 2.51. The molecule has 12 heteroatoms. The van der Waals surface area contributed by atoms with Gasteiger partial charge in [0.25, 0.3) is 11.7 Å². The number of ketones is 2. The molecule has 212 valence electrons. The number of quaternary nitrogens is 1. The van der Waals surface area contributed by atoms with E-state index in [9.17, 15) is 28.0 Å². The van der Waals surface area contributed by atoms with Crippen molar-refractivity contribution in [2.75, 3.05) is 14.1 Å². The van der Waals surface area contributed by atoms with Crippen LogP contribution in [0.15, 0.2) is 30.0 Å². The number of likely N-dealkylation sites (N-methyl/N-ethyl adjacent to an activating group) is 2. The molecule has 0 aromatic heterocycles. The average Bonchev–Trinajstić information content (AvgIpc) is 3.60. The Labute approximate surface area is 234 Å². The van der Waals surface area contributed by atoms with E-state index in [2.05, 4.69) is 5.32 Å². The Bertz CT molecular complexity index is 1400. The Balaban J connectivity index is 1.38. The molecule has 5 rings (SSSR count). The number of rotatable bonds is 5. The maximum Gasteiger partial charge on any atom is 0.294 e. The smallest absolute Gasteiger partial charge is 0.294 e. The highest BCUT2D eigenvalue weighted by molar-refractivity contribution is 8.26. The van der Waals surface area contributed by atoms with Gasteiger partial charge < -0.3 is 5.32 Å². The lowest BCUT2D eigenvalue weighted by atomic mass is 9.78. The van der Waals surface area contributed by atoms with E-state index in [1.54, 1.807) is 14.1 Å². The maximum atomic E-state index is 14.1. The minimum Gasteiger partial charge on any atom is -0.351 e. The Morgan fingerprint density at radius 3 is 2.40 bits per heavy atom. The molecule has 1 spiro atoms. The van der Waals surface area contributed by atoms with Gasteiger partial charge in [-0.2, -0.15) is 0 Å². The number of amides is 2. The molecule has 1 aromatic rings. The number of hydrogen-bond donors (Lipinski definition) is 3. The third-order valence-corrected chi connectivity index (χ3v) is 9.97. The van der Waals surface area contributed by atoms with Crippen LogP contribution in [0.1, 0.15) is 51.0 Å². The quantitative estimate of drug-likeness (QED) is 0.164. The SMILES string of the molecule is CN1C(=O)C2C(=O)C(=O)C(C(=N)SC(=N)Cc3ccc(F)cc3F)=C[N+]2(C)C12CCC(C(=O)NC1(C)CC1)CC2. The zero-order valence-corrected chi connectivity index (χ0v) is 23.4. The molecule has 9 nitrogen and oxygen atoms in total. The van der Waals surface area contributed by atoms with Crippen LogP contribution in [-0.2, 0) is 25.6 Å². The second-order valence-electron chi connectivity index (χ2n) is 11.8. The Hall–Kier alpha value is -3.25. The number of carbonyl (C=O) groups is 4. The van der Waals surface area contributed by atoms with Crippen molar-refractivity contribution in [2.45, 2.75) is 69.1 Å². The summed E-state index contributed by atoms with van der Waals surface area (Å²) in [6.45, 7) is 2.01. The zero-order chi connectivity index (χ0) is 29.2. The van der Waals surface area contributed by atoms with Crippen molar-refractivity contribution in [2.24, 2.45) is 5.92 Å². The number of hydrogen-bond acceptors (Lipinski definition) is 7. The molecule has 2 aliphatic carbocycles. The van der Waals surface area contributed by atoms with Gasteiger partial charge in [0.05, 0.1) is 12.1 Å². The summed E-state index contributed by atoms with van der Waals surface area (Å²) in [5.74, 6) is -4.14. The Morgan fingerprint density at radius 2 is 1.80 bits per heavy atom. The fourth-order valence-corrected chi connectivity index (χ4v) is 7.13. The first-order valence-corrected chi connectivity index (χ1v) is 14.1. The second kappa shape index (κ2) is 9.69. The number of fused-ring (bicyclic) bond motifs is 2. The van der Waals surface area contributed by atoms with Gasteiger partial charge >= 0.3 is 0 Å². The van der Waals surface area contributed by atoms with E-state index in [1.165, 1.54) is 17.2 Å². The summed E-state index contributed by atoms with van der Waals surface area (Å²) in [5.41, 5.74) is -1.16. The number of nitrogens with one attached hydrogen (secondary N) is 3. The molecule has 2 saturated carbocycles. The zero-order valence-electron chi connectivity index (χ0n) is 22.6. The van der Waals surface area contributed by atoms with Crippen LogP contribution in [0.25, 0.3) is 0 Å². The number of benzene rings is 1. The van der Waals surface area contributed by atoms with E-state index >= 15 is 0 Å². The van der Waals surface area contributed by atoms with E-state index in [-0.39, 0.29) is 49.5 Å². The number of Topliss-reactive ketones (excluding diaryl/α,β-unsaturated/α-hetero) is 2. The van der Waals surface area contributed by atoms with Crippen molar-refractivity contribution in [3.8, 4) is 0 Å². The first kappa shape index (κ1) is 28.3. The van der Waals surface area contributed by atoms with E-state index in [0.29, 0.717) is 43.5 Å². The molecule has 3 fully saturated rings. The van der Waals surface area contributed by atoms with Gasteiger partial charge in [-0.25, -0.2) is 8.78 Å². The van der Waals surface area contributed by atoms with Gasteiger partial charge in [0.2, 0.25) is 17.7 Å². The molecule has 2 aliphatic heterocycles. The first-order chi connectivity index (χ1) is 18.7. The molecule has 0 radical (unpaired) electrons. The van der Waals surface area contributed by atoms with Gasteiger partial charge in [0.1, 0.15) is 28.5 Å². The van der Waals surface area contributed by atoms with E-state index in [0.717, 1.165) is 18.9 Å². The molecular weight excluding hydrogens is 540 g/mol. The highest BCUT2D eigenvalue weighted by Gasteiger charge is 2.70. The summed E-state index contributed by atoms with van der Waals surface area (Å²) < 4.78 is 27.1. The van der Waals surface area contributed by atoms with Gasteiger partial charge in [-0.1, -0.05) is 17.8 Å². The normalized spacial score (nSPS) is 30.7. The fourth-order valence-electron chi connectivity index (χ4n) is 6.40. The van der Waals surface area contributed by atoms with Crippen LogP contribution >= 0.6 is 11.8 Å². The third kappa shape index (κ3) is 4.50. The molecule has 1 saturated heterocycles. The number of nitrogens with zero attached hydrogens (tertiary/aromatic N) is 2. The van der Waals surface area contributed by atoms with Crippen LogP contribution in [0.4, 0.5) is 8.78 Å². The third-order valence-electron chi connectivity index (χ3n) is 9.15. The highest BCUT2D eigenvalue weighted by atomic mass is 32.2. The van der Waals surface area contributed by atoms with Crippen molar-refractivity contribution < 1.29 is 32.4 Å². The van der Waals surface area contributed by atoms with Crippen LogP contribution < -0.4 is 5.32 Å². The minimum atomic E-state index is -1.28. The minimum absolute atomic E-state index is 0.00330. The van der Waals surface area contributed by atoms with Gasteiger partial charge in [-0.3, -0.25) is 39.4 Å². The predicted molar refractivity (Wildman–Crippen MR) is 144 cm³/mol. The summed E-state index contributed by atoms with van der Waals surface area (Å²) >= 11 is 0.608. The molecule has 2 unspecified atom stereocenters. The first-order valence-electron chi connectivity index (χ1n) is 13.3. The second-order valence-corrected chi connectivity index (χ2v) is 12.9.